The molecule has 19 heavy (non-hydrogen) atoms. The molecule has 5 nitrogen and oxygen atoms in total. The second-order valence-electron chi connectivity index (χ2n) is 4.23. The van der Waals surface area contributed by atoms with Gasteiger partial charge in [-0.05, 0) is 18.1 Å². The van der Waals surface area contributed by atoms with Crippen molar-refractivity contribution in [3.63, 3.8) is 0 Å². The van der Waals surface area contributed by atoms with Gasteiger partial charge in [-0.15, -0.1) is 0 Å². The zero-order chi connectivity index (χ0) is 13.7. The highest BCUT2D eigenvalue weighted by molar-refractivity contribution is 5.81. The highest BCUT2D eigenvalue weighted by Crippen LogP contribution is 2.18. The minimum atomic E-state index is -0.983. The largest absolute Gasteiger partial charge is 0.480 e. The molecule has 1 amide bonds. The van der Waals surface area contributed by atoms with Crippen LogP contribution in [0.25, 0.3) is 6.08 Å². The van der Waals surface area contributed by atoms with Gasteiger partial charge in [0.05, 0.1) is 0 Å². The molecule has 0 radical (unpaired) electrons. The first-order valence-electron chi connectivity index (χ1n) is 6.06. The van der Waals surface area contributed by atoms with Crippen molar-refractivity contribution in [3.05, 3.63) is 42.0 Å². The summed E-state index contributed by atoms with van der Waals surface area (Å²) in [7, 11) is 0. The van der Waals surface area contributed by atoms with E-state index in [2.05, 4.69) is 0 Å². The lowest BCUT2D eigenvalue weighted by molar-refractivity contribution is -0.146. The van der Waals surface area contributed by atoms with Crippen LogP contribution in [0, 0.1) is 0 Å². The fourth-order valence-electron chi connectivity index (χ4n) is 1.81. The fraction of sp³-hybridized carbons (Fsp3) is 0.286. The first-order valence-corrected chi connectivity index (χ1v) is 6.06. The molecule has 1 saturated heterocycles. The number of nitrogens with zero attached hydrogens (tertiary/aromatic N) is 1. The Morgan fingerprint density at radius 3 is 2.68 bits per heavy atom. The zero-order valence-electron chi connectivity index (χ0n) is 10.4. The van der Waals surface area contributed by atoms with Crippen molar-refractivity contribution in [3.8, 4) is 0 Å². The number of ether oxygens (including phenoxy) is 1. The maximum absolute atomic E-state index is 11.6. The molecule has 0 spiro atoms. The summed E-state index contributed by atoms with van der Waals surface area (Å²) in [6, 6.07) is 8.91. The Morgan fingerprint density at radius 1 is 1.37 bits per heavy atom. The number of hydrogen-bond donors (Lipinski definition) is 1. The zero-order valence-corrected chi connectivity index (χ0v) is 10.4. The smallest absolute Gasteiger partial charge is 0.410 e. The number of likely N-dealkylation sites (tertiary alicyclic amines) is 1. The Balaban J connectivity index is 1.76. The molecule has 1 aliphatic heterocycles. The Bertz CT molecular complexity index is 483. The van der Waals surface area contributed by atoms with Gasteiger partial charge in [0.25, 0.3) is 0 Å². The normalized spacial score (nSPS) is 18.1. The second-order valence-corrected chi connectivity index (χ2v) is 4.23. The fourth-order valence-corrected chi connectivity index (χ4v) is 1.81. The number of carbonyl (C=O) groups is 2. The number of carboxylic acids is 1. The molecule has 0 bridgehead atoms. The first-order chi connectivity index (χ1) is 9.18. The van der Waals surface area contributed by atoms with Crippen LogP contribution in [0.4, 0.5) is 4.79 Å². The summed E-state index contributed by atoms with van der Waals surface area (Å²) in [5.74, 6) is -0.983. The van der Waals surface area contributed by atoms with Gasteiger partial charge in [0.15, 0.2) is 0 Å². The number of carboxylic acid groups (broad SMARTS) is 1. The number of amides is 1. The SMILES string of the molecule is O=C(O)C1CCN1C(=O)OC/C=C/c1ccccc1. The lowest BCUT2D eigenvalue weighted by Crippen LogP contribution is -2.55. The number of hydrogen-bond acceptors (Lipinski definition) is 3. The first kappa shape index (κ1) is 13.1. The van der Waals surface area contributed by atoms with Gasteiger partial charge in [0.2, 0.25) is 0 Å². The van der Waals surface area contributed by atoms with E-state index in [1.807, 2.05) is 36.4 Å². The summed E-state index contributed by atoms with van der Waals surface area (Å²) in [4.78, 5) is 23.5. The number of benzene rings is 1. The average Bonchev–Trinajstić information content (AvgIpc) is 2.34. The van der Waals surface area contributed by atoms with Crippen molar-refractivity contribution < 1.29 is 19.4 Å². The van der Waals surface area contributed by atoms with E-state index in [1.165, 1.54) is 4.90 Å². The molecule has 0 aliphatic carbocycles. The summed E-state index contributed by atoms with van der Waals surface area (Å²) in [6.07, 6.45) is 3.49. The molecule has 2 rings (SSSR count). The van der Waals surface area contributed by atoms with Crippen molar-refractivity contribution in [1.29, 1.82) is 0 Å². The number of carbonyl (C=O) groups excluding carboxylic acids is 1. The number of rotatable bonds is 4. The topological polar surface area (TPSA) is 66.8 Å². The van der Waals surface area contributed by atoms with Crippen molar-refractivity contribution >= 4 is 18.1 Å². The van der Waals surface area contributed by atoms with Gasteiger partial charge >= 0.3 is 12.1 Å². The third-order valence-electron chi connectivity index (χ3n) is 2.95. The molecular formula is C14H15NO4. The monoisotopic (exact) mass is 261 g/mol. The van der Waals surface area contributed by atoms with Crippen LogP contribution in [0.15, 0.2) is 36.4 Å². The summed E-state index contributed by atoms with van der Waals surface area (Å²) < 4.78 is 4.98. The van der Waals surface area contributed by atoms with Crippen molar-refractivity contribution in [2.45, 2.75) is 12.5 Å². The van der Waals surface area contributed by atoms with Crippen LogP contribution in [0.2, 0.25) is 0 Å². The Hall–Kier alpha value is -2.30. The maximum Gasteiger partial charge on any atom is 0.410 e. The van der Waals surface area contributed by atoms with Gasteiger partial charge in [0, 0.05) is 6.54 Å². The molecular weight excluding hydrogens is 246 g/mol. The van der Waals surface area contributed by atoms with Crippen LogP contribution in [0.1, 0.15) is 12.0 Å². The van der Waals surface area contributed by atoms with E-state index in [9.17, 15) is 9.59 Å². The van der Waals surface area contributed by atoms with Gasteiger partial charge in [-0.3, -0.25) is 4.90 Å². The Labute approximate surface area is 111 Å². The molecule has 1 aromatic rings. The third-order valence-corrected chi connectivity index (χ3v) is 2.95. The molecule has 1 fully saturated rings. The highest BCUT2D eigenvalue weighted by Gasteiger charge is 2.38. The Kier molecular flexibility index (Phi) is 4.18. The Morgan fingerprint density at radius 2 is 2.11 bits per heavy atom. The lowest BCUT2D eigenvalue weighted by atomic mass is 10.1. The molecule has 0 aromatic heterocycles. The predicted molar refractivity (Wildman–Crippen MR) is 69.6 cm³/mol. The molecule has 5 heteroatoms. The summed E-state index contributed by atoms with van der Waals surface area (Å²) in [5.41, 5.74) is 1.02. The minimum absolute atomic E-state index is 0.135. The molecule has 1 heterocycles. The van der Waals surface area contributed by atoms with Crippen molar-refractivity contribution in [2.24, 2.45) is 0 Å². The van der Waals surface area contributed by atoms with E-state index in [1.54, 1.807) is 6.08 Å². The lowest BCUT2D eigenvalue weighted by Gasteiger charge is -2.36. The van der Waals surface area contributed by atoms with E-state index < -0.39 is 18.1 Å². The molecule has 1 unspecified atom stereocenters. The second kappa shape index (κ2) is 6.04. The van der Waals surface area contributed by atoms with E-state index in [0.29, 0.717) is 13.0 Å². The van der Waals surface area contributed by atoms with Crippen molar-refractivity contribution in [2.75, 3.05) is 13.2 Å². The van der Waals surface area contributed by atoms with Gasteiger partial charge in [-0.25, -0.2) is 9.59 Å². The summed E-state index contributed by atoms with van der Waals surface area (Å²) >= 11 is 0. The van der Waals surface area contributed by atoms with Gasteiger partial charge in [0.1, 0.15) is 12.6 Å². The third kappa shape index (κ3) is 3.34. The van der Waals surface area contributed by atoms with E-state index in [4.69, 9.17) is 9.84 Å². The van der Waals surface area contributed by atoms with Crippen LogP contribution in [0.3, 0.4) is 0 Å². The van der Waals surface area contributed by atoms with Crippen LogP contribution in [-0.2, 0) is 9.53 Å². The summed E-state index contributed by atoms with van der Waals surface area (Å²) in [5, 5.41) is 8.81. The van der Waals surface area contributed by atoms with E-state index >= 15 is 0 Å². The standard InChI is InChI=1S/C14H15NO4/c16-13(17)12-8-9-15(12)14(18)19-10-4-7-11-5-2-1-3-6-11/h1-7,12H,8-10H2,(H,16,17)/b7-4+. The average molecular weight is 261 g/mol. The van der Waals surface area contributed by atoms with Gasteiger partial charge in [-0.2, -0.15) is 0 Å². The molecule has 0 saturated carbocycles. The van der Waals surface area contributed by atoms with Crippen molar-refractivity contribution in [1.82, 2.24) is 4.90 Å². The highest BCUT2D eigenvalue weighted by atomic mass is 16.6. The van der Waals surface area contributed by atoms with Gasteiger partial charge in [-0.1, -0.05) is 36.4 Å². The van der Waals surface area contributed by atoms with Crippen LogP contribution < -0.4 is 0 Å². The van der Waals surface area contributed by atoms with Crippen LogP contribution in [-0.4, -0.2) is 41.3 Å². The number of aliphatic carboxylic acids is 1. The van der Waals surface area contributed by atoms with E-state index in [-0.39, 0.29) is 6.61 Å². The molecule has 1 aliphatic rings. The predicted octanol–water partition coefficient (Wildman–Crippen LogP) is 2.00. The molecule has 1 N–H and O–H groups in total. The summed E-state index contributed by atoms with van der Waals surface area (Å²) in [6.45, 7) is 0.578. The van der Waals surface area contributed by atoms with E-state index in [0.717, 1.165) is 5.56 Å². The van der Waals surface area contributed by atoms with Gasteiger partial charge < -0.3 is 9.84 Å². The molecule has 100 valence electrons. The molecule has 1 aromatic carbocycles. The maximum atomic E-state index is 11.6. The molecule has 1 atom stereocenters. The van der Waals surface area contributed by atoms with Crippen LogP contribution >= 0.6 is 0 Å². The quantitative estimate of drug-likeness (QED) is 0.900. The van der Waals surface area contributed by atoms with Crippen LogP contribution in [0.5, 0.6) is 0 Å². The minimum Gasteiger partial charge on any atom is -0.480 e.